The van der Waals surface area contributed by atoms with Gasteiger partial charge >= 0.3 is 0 Å². The van der Waals surface area contributed by atoms with Crippen LogP contribution in [-0.4, -0.2) is 36.1 Å². The van der Waals surface area contributed by atoms with E-state index in [9.17, 15) is 0 Å². The van der Waals surface area contributed by atoms with E-state index < -0.39 is 0 Å². The fraction of sp³-hybridized carbons (Fsp3) is 0.750. The molecule has 2 heterocycles. The highest BCUT2D eigenvalue weighted by atomic mass is 32.1. The second-order valence-corrected chi connectivity index (χ2v) is 5.31. The summed E-state index contributed by atoms with van der Waals surface area (Å²) in [5, 5.41) is 3.51. The second-order valence-electron chi connectivity index (χ2n) is 4.42. The first-order chi connectivity index (χ1) is 7.83. The first-order valence-electron chi connectivity index (χ1n) is 6.20. The Hall–Kier alpha value is -0.450. The maximum Gasteiger partial charge on any atom is 0.0960 e. The molecule has 1 aromatic heterocycles. The number of nitrogens with two attached hydrogens (primary N) is 1. The fourth-order valence-electron chi connectivity index (χ4n) is 2.27. The van der Waals surface area contributed by atoms with Gasteiger partial charge in [-0.2, -0.15) is 0 Å². The molecule has 1 aliphatic heterocycles. The van der Waals surface area contributed by atoms with Crippen molar-refractivity contribution in [3.05, 3.63) is 16.1 Å². The molecule has 4 heteroatoms. The van der Waals surface area contributed by atoms with Crippen LogP contribution in [0.3, 0.4) is 0 Å². The van der Waals surface area contributed by atoms with E-state index in [1.54, 1.807) is 0 Å². The van der Waals surface area contributed by atoms with Gasteiger partial charge in [-0.05, 0) is 39.0 Å². The molecule has 1 saturated heterocycles. The lowest BCUT2D eigenvalue weighted by Crippen LogP contribution is -2.32. The SMILES string of the molecule is CCN1CCC(c2nc(CCN)cs2)CC1. The normalized spacial score (nSPS) is 19.1. The molecule has 16 heavy (non-hydrogen) atoms. The summed E-state index contributed by atoms with van der Waals surface area (Å²) in [4.78, 5) is 7.21. The molecule has 0 spiro atoms. The predicted molar refractivity (Wildman–Crippen MR) is 69.0 cm³/mol. The third-order valence-electron chi connectivity index (χ3n) is 3.35. The average Bonchev–Trinajstić information content (AvgIpc) is 2.78. The van der Waals surface area contributed by atoms with E-state index in [1.807, 2.05) is 11.3 Å². The van der Waals surface area contributed by atoms with E-state index in [0.29, 0.717) is 12.5 Å². The summed E-state index contributed by atoms with van der Waals surface area (Å²) in [7, 11) is 0. The van der Waals surface area contributed by atoms with E-state index in [4.69, 9.17) is 10.7 Å². The summed E-state index contributed by atoms with van der Waals surface area (Å²) in [5.74, 6) is 0.694. The van der Waals surface area contributed by atoms with Gasteiger partial charge in [0.2, 0.25) is 0 Å². The van der Waals surface area contributed by atoms with Crippen LogP contribution in [0.2, 0.25) is 0 Å². The summed E-state index contributed by atoms with van der Waals surface area (Å²) >= 11 is 1.82. The molecule has 0 bridgehead atoms. The standard InChI is InChI=1S/C12H21N3S/c1-2-15-7-4-10(5-8-15)12-14-11(3-6-13)9-16-12/h9-10H,2-8,13H2,1H3. The summed E-state index contributed by atoms with van der Waals surface area (Å²) in [6.45, 7) is 6.59. The molecule has 1 fully saturated rings. The molecular formula is C12H21N3S. The third kappa shape index (κ3) is 2.81. The van der Waals surface area contributed by atoms with Crippen molar-refractivity contribution < 1.29 is 0 Å². The number of piperidine rings is 1. The van der Waals surface area contributed by atoms with Crippen LogP contribution in [0.25, 0.3) is 0 Å². The predicted octanol–water partition coefficient (Wildman–Crippen LogP) is 1.84. The smallest absolute Gasteiger partial charge is 0.0960 e. The van der Waals surface area contributed by atoms with E-state index in [0.717, 1.165) is 6.42 Å². The monoisotopic (exact) mass is 239 g/mol. The Bertz CT molecular complexity index is 316. The molecule has 0 aliphatic carbocycles. The summed E-state index contributed by atoms with van der Waals surface area (Å²) in [5.41, 5.74) is 6.72. The van der Waals surface area contributed by atoms with Crippen LogP contribution in [0.4, 0.5) is 0 Å². The van der Waals surface area contributed by atoms with Gasteiger partial charge in [0.25, 0.3) is 0 Å². The van der Waals surface area contributed by atoms with Crippen molar-refractivity contribution in [3.8, 4) is 0 Å². The highest BCUT2D eigenvalue weighted by Gasteiger charge is 2.21. The number of rotatable bonds is 4. The number of nitrogens with zero attached hydrogens (tertiary/aromatic N) is 2. The molecule has 2 rings (SSSR count). The average molecular weight is 239 g/mol. The second kappa shape index (κ2) is 5.75. The van der Waals surface area contributed by atoms with Gasteiger partial charge in [-0.1, -0.05) is 6.92 Å². The Labute approximate surface area is 102 Å². The lowest BCUT2D eigenvalue weighted by atomic mass is 9.97. The molecule has 0 aromatic carbocycles. The number of aromatic nitrogens is 1. The quantitative estimate of drug-likeness (QED) is 0.872. The third-order valence-corrected chi connectivity index (χ3v) is 4.41. The number of thiazole rings is 1. The minimum atomic E-state index is 0.694. The van der Waals surface area contributed by atoms with E-state index in [-0.39, 0.29) is 0 Å². The first kappa shape index (κ1) is 12.0. The van der Waals surface area contributed by atoms with Crippen LogP contribution in [-0.2, 0) is 6.42 Å². The molecule has 0 saturated carbocycles. The molecule has 0 amide bonds. The van der Waals surface area contributed by atoms with Crippen molar-refractivity contribution in [1.82, 2.24) is 9.88 Å². The number of likely N-dealkylation sites (tertiary alicyclic amines) is 1. The minimum absolute atomic E-state index is 0.694. The van der Waals surface area contributed by atoms with Crippen LogP contribution in [0, 0.1) is 0 Å². The van der Waals surface area contributed by atoms with E-state index in [1.165, 1.54) is 43.2 Å². The highest BCUT2D eigenvalue weighted by molar-refractivity contribution is 7.09. The Morgan fingerprint density at radius 1 is 1.50 bits per heavy atom. The highest BCUT2D eigenvalue weighted by Crippen LogP contribution is 2.30. The van der Waals surface area contributed by atoms with Crippen LogP contribution in [0.1, 0.15) is 36.4 Å². The number of hydrogen-bond donors (Lipinski definition) is 1. The fourth-order valence-corrected chi connectivity index (χ4v) is 3.29. The van der Waals surface area contributed by atoms with Crippen molar-refractivity contribution in [2.24, 2.45) is 5.73 Å². The Balaban J connectivity index is 1.92. The Morgan fingerprint density at radius 2 is 2.25 bits per heavy atom. The molecular weight excluding hydrogens is 218 g/mol. The molecule has 1 aliphatic rings. The van der Waals surface area contributed by atoms with Crippen molar-refractivity contribution >= 4 is 11.3 Å². The largest absolute Gasteiger partial charge is 0.330 e. The maximum atomic E-state index is 5.54. The molecule has 0 atom stereocenters. The van der Waals surface area contributed by atoms with Gasteiger partial charge in [0.15, 0.2) is 0 Å². The molecule has 3 nitrogen and oxygen atoms in total. The van der Waals surface area contributed by atoms with E-state index in [2.05, 4.69) is 17.2 Å². The van der Waals surface area contributed by atoms with Crippen LogP contribution >= 0.6 is 11.3 Å². The maximum absolute atomic E-state index is 5.54. The lowest BCUT2D eigenvalue weighted by molar-refractivity contribution is 0.222. The van der Waals surface area contributed by atoms with Crippen LogP contribution < -0.4 is 5.73 Å². The summed E-state index contributed by atoms with van der Waals surface area (Å²) in [6, 6.07) is 0. The summed E-state index contributed by atoms with van der Waals surface area (Å²) in [6.07, 6.45) is 3.46. The lowest BCUT2D eigenvalue weighted by Gasteiger charge is -2.29. The minimum Gasteiger partial charge on any atom is -0.330 e. The Kier molecular flexibility index (Phi) is 4.32. The van der Waals surface area contributed by atoms with Crippen molar-refractivity contribution in [3.63, 3.8) is 0 Å². The van der Waals surface area contributed by atoms with Gasteiger partial charge in [-0.15, -0.1) is 11.3 Å². The molecule has 0 unspecified atom stereocenters. The van der Waals surface area contributed by atoms with Crippen LogP contribution in [0.15, 0.2) is 5.38 Å². The van der Waals surface area contributed by atoms with Gasteiger partial charge in [-0.25, -0.2) is 4.98 Å². The zero-order chi connectivity index (χ0) is 11.4. The van der Waals surface area contributed by atoms with Gasteiger partial charge in [0.1, 0.15) is 0 Å². The molecule has 2 N–H and O–H groups in total. The zero-order valence-corrected chi connectivity index (χ0v) is 10.8. The van der Waals surface area contributed by atoms with Crippen LogP contribution in [0.5, 0.6) is 0 Å². The van der Waals surface area contributed by atoms with Crippen molar-refractivity contribution in [2.45, 2.75) is 32.1 Å². The number of hydrogen-bond acceptors (Lipinski definition) is 4. The molecule has 90 valence electrons. The Morgan fingerprint density at radius 3 is 2.88 bits per heavy atom. The van der Waals surface area contributed by atoms with E-state index >= 15 is 0 Å². The van der Waals surface area contributed by atoms with Crippen molar-refractivity contribution in [1.29, 1.82) is 0 Å². The topological polar surface area (TPSA) is 42.2 Å². The van der Waals surface area contributed by atoms with Gasteiger partial charge < -0.3 is 10.6 Å². The van der Waals surface area contributed by atoms with Gasteiger partial charge in [-0.3, -0.25) is 0 Å². The zero-order valence-electron chi connectivity index (χ0n) is 9.98. The van der Waals surface area contributed by atoms with Gasteiger partial charge in [0, 0.05) is 17.7 Å². The summed E-state index contributed by atoms with van der Waals surface area (Å²) < 4.78 is 0. The van der Waals surface area contributed by atoms with Gasteiger partial charge in [0.05, 0.1) is 10.7 Å². The van der Waals surface area contributed by atoms with Crippen molar-refractivity contribution in [2.75, 3.05) is 26.2 Å². The molecule has 1 aromatic rings. The molecule has 0 radical (unpaired) electrons. The first-order valence-corrected chi connectivity index (χ1v) is 7.08.